The van der Waals surface area contributed by atoms with E-state index in [-0.39, 0.29) is 28.0 Å². The number of benzene rings is 3. The molecule has 0 aliphatic carbocycles. The Morgan fingerprint density at radius 3 is 1.24 bits per heavy atom. The van der Waals surface area contributed by atoms with Gasteiger partial charge < -0.3 is 38.6 Å². The Balaban J connectivity index is 0.00000361. The maximum atomic E-state index is 6.20. The molecule has 0 spiro atoms. The van der Waals surface area contributed by atoms with Gasteiger partial charge >= 0.3 is 16.5 Å². The molecule has 16 heteroatoms. The fraction of sp³-hybridized carbons (Fsp3) is 0.235. The van der Waals surface area contributed by atoms with Crippen molar-refractivity contribution in [1.82, 2.24) is 50.1 Å². The number of rotatable bonds is 0. The molecule has 50 heavy (non-hydrogen) atoms. The van der Waals surface area contributed by atoms with Gasteiger partial charge in [0.2, 0.25) is 0 Å². The van der Waals surface area contributed by atoms with Crippen molar-refractivity contribution in [1.29, 1.82) is 0 Å². The fourth-order valence-electron chi connectivity index (χ4n) is 5.75. The zero-order chi connectivity index (χ0) is 32.6. The molecule has 0 amide bonds. The first-order chi connectivity index (χ1) is 24.3. The van der Waals surface area contributed by atoms with Gasteiger partial charge in [0.15, 0.2) is 11.5 Å². The van der Waals surface area contributed by atoms with Crippen LogP contribution in [0.4, 0.5) is 0 Å². The normalized spacial score (nSPS) is 14.9. The Bertz CT molecular complexity index is 2220. The molecule has 3 aromatic carbocycles. The molecule has 0 unspecified atom stereocenters. The molecule has 9 rings (SSSR count). The zero-order valence-electron chi connectivity index (χ0n) is 26.3. The van der Waals surface area contributed by atoms with E-state index in [1.165, 1.54) is 0 Å². The third-order valence-corrected chi connectivity index (χ3v) is 8.00. The maximum absolute atomic E-state index is 6.20. The van der Waals surface area contributed by atoms with Gasteiger partial charge in [0, 0.05) is 33.5 Å². The number of ether oxygens (including phenoxy) is 5. The number of hydrogen-bond donors (Lipinski definition) is 0. The first-order valence-electron chi connectivity index (χ1n) is 15.8. The van der Waals surface area contributed by atoms with Crippen molar-refractivity contribution >= 4 is 33.6 Å². The van der Waals surface area contributed by atoms with Gasteiger partial charge in [-0.3, -0.25) is 15.0 Å². The topological polar surface area (TPSA) is 177 Å². The van der Waals surface area contributed by atoms with E-state index >= 15 is 0 Å². The second-order valence-electron chi connectivity index (χ2n) is 11.1. The average Bonchev–Trinajstić information content (AvgIpc) is 3.88. The summed E-state index contributed by atoms with van der Waals surface area (Å²) in [6.07, 6.45) is 0. The maximum Gasteiger partial charge on any atom is 2.00 e. The van der Waals surface area contributed by atoms with E-state index in [0.717, 1.165) is 22.3 Å². The summed E-state index contributed by atoms with van der Waals surface area (Å²) in [5.41, 5.74) is 3.91. The first-order valence-corrected chi connectivity index (χ1v) is 15.8. The Labute approximate surface area is 293 Å². The van der Waals surface area contributed by atoms with Crippen LogP contribution in [-0.2, 0) is 30.7 Å². The van der Waals surface area contributed by atoms with Crippen molar-refractivity contribution in [2.75, 3.05) is 52.9 Å². The van der Waals surface area contributed by atoms with Gasteiger partial charge in [-0.05, 0) is 22.9 Å². The standard InChI is InChI=1S/C34H26N10O5.Ni/c1-3-7-21-19(5-1)27-35-29(21)40-33-42-34(44-43-33)41-30-22-8-4-2-6-20(22)28(36-30)38-32-24-18-26-25(17-23(24)31(37-27)39-32)48-15-13-46-11-9-45-10-12-47-14-16-49-26;/h1-8,17-18H,9-16H2;/q-2;+2. The van der Waals surface area contributed by atoms with Crippen LogP contribution in [0, 0.1) is 0 Å². The minimum atomic E-state index is 0. The van der Waals surface area contributed by atoms with Crippen LogP contribution in [-0.4, -0.2) is 93.0 Å². The molecule has 0 N–H and O–H groups in total. The first kappa shape index (κ1) is 31.8. The Morgan fingerprint density at radius 1 is 0.440 bits per heavy atom. The van der Waals surface area contributed by atoms with Crippen molar-refractivity contribution in [3.63, 3.8) is 0 Å². The summed E-state index contributed by atoms with van der Waals surface area (Å²) in [7, 11) is 0. The zero-order valence-corrected chi connectivity index (χ0v) is 27.2. The molecule has 8 bridgehead atoms. The van der Waals surface area contributed by atoms with Crippen molar-refractivity contribution in [3.8, 4) is 57.1 Å². The van der Waals surface area contributed by atoms with Crippen LogP contribution in [0.1, 0.15) is 0 Å². The predicted molar refractivity (Wildman–Crippen MR) is 176 cm³/mol. The minimum Gasteiger partial charge on any atom is -0.487 e. The molecule has 3 aliphatic rings. The van der Waals surface area contributed by atoms with Crippen LogP contribution in [0.15, 0.2) is 60.7 Å². The van der Waals surface area contributed by atoms with Crippen LogP contribution in [0.3, 0.4) is 0 Å². The smallest absolute Gasteiger partial charge is 0.487 e. The second-order valence-corrected chi connectivity index (χ2v) is 11.1. The quantitative estimate of drug-likeness (QED) is 0.208. The van der Waals surface area contributed by atoms with Gasteiger partial charge in [0.05, 0.1) is 51.3 Å². The van der Waals surface area contributed by atoms with Gasteiger partial charge in [-0.15, -0.1) is 0 Å². The number of hydrogen-bond acceptors (Lipinski definition) is 13. The van der Waals surface area contributed by atoms with E-state index in [0.29, 0.717) is 110 Å². The van der Waals surface area contributed by atoms with E-state index in [9.17, 15) is 0 Å². The average molecular weight is 713 g/mol. The van der Waals surface area contributed by atoms with Gasteiger partial charge in [-0.1, -0.05) is 48.5 Å². The molecule has 252 valence electrons. The summed E-state index contributed by atoms with van der Waals surface area (Å²) in [6, 6.07) is 19.1. The molecule has 3 aliphatic heterocycles. The second kappa shape index (κ2) is 13.8. The molecule has 3 aromatic heterocycles. The molecule has 15 nitrogen and oxygen atoms in total. The molecule has 6 heterocycles. The molecular weight excluding hydrogens is 687 g/mol. The molecule has 0 radical (unpaired) electrons. The van der Waals surface area contributed by atoms with Crippen LogP contribution >= 0.6 is 0 Å². The number of aromatic nitrogens is 10. The third kappa shape index (κ3) is 6.14. The molecule has 0 saturated carbocycles. The van der Waals surface area contributed by atoms with Crippen molar-refractivity contribution in [2.24, 2.45) is 0 Å². The summed E-state index contributed by atoms with van der Waals surface area (Å²) in [6.45, 7) is 3.21. The summed E-state index contributed by atoms with van der Waals surface area (Å²) in [5.74, 6) is 2.92. The summed E-state index contributed by atoms with van der Waals surface area (Å²) >= 11 is 0. The molecule has 0 saturated heterocycles. The van der Waals surface area contributed by atoms with E-state index in [2.05, 4.69) is 25.1 Å². The van der Waals surface area contributed by atoms with E-state index in [4.69, 9.17) is 48.6 Å². The van der Waals surface area contributed by atoms with Crippen molar-refractivity contribution in [2.45, 2.75) is 0 Å². The Morgan fingerprint density at radius 2 is 0.820 bits per heavy atom. The van der Waals surface area contributed by atoms with Gasteiger partial charge in [-0.2, -0.15) is 0 Å². The fourth-order valence-corrected chi connectivity index (χ4v) is 5.75. The van der Waals surface area contributed by atoms with Gasteiger partial charge in [0.25, 0.3) is 0 Å². The van der Waals surface area contributed by atoms with E-state index in [1.54, 1.807) is 0 Å². The third-order valence-electron chi connectivity index (χ3n) is 8.00. The monoisotopic (exact) mass is 712 g/mol. The van der Waals surface area contributed by atoms with Crippen LogP contribution < -0.4 is 19.4 Å². The molecule has 6 aromatic rings. The van der Waals surface area contributed by atoms with E-state index in [1.807, 2.05) is 60.7 Å². The SMILES string of the molecule is [Ni+2].c1ccc2c(c1)-c1nc-2nc2[n-]c(nc3nc(nc4nnc(n1)[n-]4)-c1ccccc1-3)c1cc3c(cc21)OCCOCCOCCOCCO3. The number of fused-ring (bicyclic) bond motifs is 18. The van der Waals surface area contributed by atoms with Crippen molar-refractivity contribution < 1.29 is 40.2 Å². The molecule has 0 fully saturated rings. The van der Waals surface area contributed by atoms with Gasteiger partial charge in [-0.25, -0.2) is 20.2 Å². The predicted octanol–water partition coefficient (Wildman–Crippen LogP) is 3.58. The molecular formula is C34H26N10NiO5. The Hall–Kier alpha value is -5.41. The minimum absolute atomic E-state index is 0. The number of nitrogens with zero attached hydrogens (tertiary/aromatic N) is 10. The summed E-state index contributed by atoms with van der Waals surface area (Å²) in [5, 5.41) is 9.64. The van der Waals surface area contributed by atoms with Crippen LogP contribution in [0.25, 0.3) is 79.2 Å². The van der Waals surface area contributed by atoms with Crippen molar-refractivity contribution in [3.05, 3.63) is 60.7 Å². The van der Waals surface area contributed by atoms with Crippen LogP contribution in [0.5, 0.6) is 11.5 Å². The Kier molecular flexibility index (Phi) is 8.81. The molecule has 0 atom stereocenters. The largest absolute Gasteiger partial charge is 2.00 e. The van der Waals surface area contributed by atoms with E-state index < -0.39 is 0 Å². The summed E-state index contributed by atoms with van der Waals surface area (Å²) in [4.78, 5) is 38.1. The van der Waals surface area contributed by atoms with Gasteiger partial charge in [0.1, 0.15) is 36.4 Å². The van der Waals surface area contributed by atoms with Crippen LogP contribution in [0.2, 0.25) is 0 Å². The summed E-state index contributed by atoms with van der Waals surface area (Å²) < 4.78 is 29.3.